The molecule has 6 heteroatoms. The summed E-state index contributed by atoms with van der Waals surface area (Å²) in [6.07, 6.45) is 3.09. The second-order valence-corrected chi connectivity index (χ2v) is 6.94. The van der Waals surface area contributed by atoms with E-state index in [1.165, 1.54) is 15.8 Å². The summed E-state index contributed by atoms with van der Waals surface area (Å²) >= 11 is 0. The summed E-state index contributed by atoms with van der Waals surface area (Å²) in [6, 6.07) is 14.9. The number of para-hydroxylation sites is 1. The Hall–Kier alpha value is -3.12. The quantitative estimate of drug-likeness (QED) is 0.617. The van der Waals surface area contributed by atoms with Crippen LogP contribution in [0.15, 0.2) is 54.7 Å². The number of quaternary nitrogens is 1. The van der Waals surface area contributed by atoms with Crippen LogP contribution >= 0.6 is 0 Å². The molecule has 0 aliphatic carbocycles. The van der Waals surface area contributed by atoms with Crippen LogP contribution in [0.5, 0.6) is 5.75 Å². The van der Waals surface area contributed by atoms with E-state index in [4.69, 9.17) is 4.74 Å². The van der Waals surface area contributed by atoms with Crippen LogP contribution in [0.4, 0.5) is 5.69 Å². The van der Waals surface area contributed by atoms with Gasteiger partial charge < -0.3 is 15.0 Å². The SMILES string of the molecule is CCOc1ccc(N2C(=O)C[C@H]([NH2+]CCc3c[nH]c4ccccc34)C2=O)cc1. The molecule has 0 radical (unpaired) electrons. The maximum absolute atomic E-state index is 12.8. The van der Waals surface area contributed by atoms with E-state index in [0.717, 1.165) is 24.2 Å². The number of imide groups is 1. The molecule has 0 bridgehead atoms. The summed E-state index contributed by atoms with van der Waals surface area (Å²) in [5, 5.41) is 3.19. The fraction of sp³-hybridized carbons (Fsp3) is 0.273. The number of nitrogens with two attached hydrogens (primary N) is 1. The lowest BCUT2D eigenvalue weighted by Gasteiger charge is -2.14. The fourth-order valence-electron chi connectivity index (χ4n) is 3.75. The molecule has 2 heterocycles. The van der Waals surface area contributed by atoms with Gasteiger partial charge in [0.05, 0.1) is 25.3 Å². The Bertz CT molecular complexity index is 994. The van der Waals surface area contributed by atoms with Crippen LogP contribution in [0.25, 0.3) is 10.9 Å². The number of nitrogens with one attached hydrogen (secondary N) is 1. The summed E-state index contributed by atoms with van der Waals surface area (Å²) in [5.41, 5.74) is 2.95. The van der Waals surface area contributed by atoms with Gasteiger partial charge in [-0.25, -0.2) is 4.90 Å². The molecular weight excluding hydrogens is 354 g/mol. The Morgan fingerprint density at radius 2 is 1.93 bits per heavy atom. The molecule has 3 N–H and O–H groups in total. The number of anilines is 1. The van der Waals surface area contributed by atoms with Crippen LogP contribution < -0.4 is 15.0 Å². The number of aromatic nitrogens is 1. The molecular formula is C22H24N3O3+. The summed E-state index contributed by atoms with van der Waals surface area (Å²) in [4.78, 5) is 29.8. The van der Waals surface area contributed by atoms with Crippen LogP contribution in [0.3, 0.4) is 0 Å². The number of carbonyl (C=O) groups excluding carboxylic acids is 2. The van der Waals surface area contributed by atoms with Crippen molar-refractivity contribution in [2.75, 3.05) is 18.1 Å². The van der Waals surface area contributed by atoms with Crippen molar-refractivity contribution < 1.29 is 19.6 Å². The topological polar surface area (TPSA) is 79.0 Å². The number of benzene rings is 2. The summed E-state index contributed by atoms with van der Waals surface area (Å²) in [6.45, 7) is 3.25. The van der Waals surface area contributed by atoms with Crippen molar-refractivity contribution in [1.82, 2.24) is 4.98 Å². The van der Waals surface area contributed by atoms with Gasteiger partial charge in [0.1, 0.15) is 5.75 Å². The number of nitrogens with zero attached hydrogens (tertiary/aromatic N) is 1. The fourth-order valence-corrected chi connectivity index (χ4v) is 3.75. The molecule has 1 aliphatic heterocycles. The van der Waals surface area contributed by atoms with Gasteiger partial charge in [-0.1, -0.05) is 18.2 Å². The predicted octanol–water partition coefficient (Wildman–Crippen LogP) is 2.00. The van der Waals surface area contributed by atoms with E-state index in [1.807, 2.05) is 30.6 Å². The molecule has 2 aromatic carbocycles. The van der Waals surface area contributed by atoms with Gasteiger partial charge in [0.15, 0.2) is 6.04 Å². The van der Waals surface area contributed by atoms with Crippen molar-refractivity contribution in [3.8, 4) is 5.75 Å². The standard InChI is InChI=1S/C22H23N3O3/c1-2-28-17-9-7-16(8-10-17)25-21(26)13-20(22(25)27)23-12-11-15-14-24-19-6-4-3-5-18(15)19/h3-10,14,20,23-24H,2,11-13H2,1H3/p+1/t20-/m0/s1. The van der Waals surface area contributed by atoms with Gasteiger partial charge >= 0.3 is 0 Å². The number of rotatable bonds is 7. The Labute approximate surface area is 163 Å². The van der Waals surface area contributed by atoms with E-state index < -0.39 is 0 Å². The minimum absolute atomic E-state index is 0.145. The molecule has 1 atom stereocenters. The van der Waals surface area contributed by atoms with E-state index in [9.17, 15) is 9.59 Å². The van der Waals surface area contributed by atoms with Crippen LogP contribution in [-0.4, -0.2) is 36.0 Å². The number of ether oxygens (including phenoxy) is 1. The van der Waals surface area contributed by atoms with Gasteiger partial charge in [0, 0.05) is 23.5 Å². The van der Waals surface area contributed by atoms with E-state index in [1.54, 1.807) is 24.3 Å². The Kier molecular flexibility index (Phi) is 5.12. The highest BCUT2D eigenvalue weighted by molar-refractivity contribution is 6.21. The molecule has 2 amide bonds. The van der Waals surface area contributed by atoms with Crippen LogP contribution in [0.2, 0.25) is 0 Å². The van der Waals surface area contributed by atoms with E-state index in [0.29, 0.717) is 12.3 Å². The summed E-state index contributed by atoms with van der Waals surface area (Å²) in [5.74, 6) is 0.433. The Morgan fingerprint density at radius 1 is 1.14 bits per heavy atom. The average Bonchev–Trinajstić information content (AvgIpc) is 3.24. The number of amides is 2. The van der Waals surface area contributed by atoms with Crippen LogP contribution in [0.1, 0.15) is 18.9 Å². The van der Waals surface area contributed by atoms with Crippen molar-refractivity contribution in [3.05, 3.63) is 60.3 Å². The van der Waals surface area contributed by atoms with Gasteiger partial charge in [0.2, 0.25) is 5.91 Å². The molecule has 3 aromatic rings. The lowest BCUT2D eigenvalue weighted by Crippen LogP contribution is -2.92. The van der Waals surface area contributed by atoms with Crippen molar-refractivity contribution in [3.63, 3.8) is 0 Å². The molecule has 1 fully saturated rings. The molecule has 0 saturated carbocycles. The zero-order valence-corrected chi connectivity index (χ0v) is 15.9. The zero-order chi connectivity index (χ0) is 19.5. The summed E-state index contributed by atoms with van der Waals surface area (Å²) < 4.78 is 5.42. The molecule has 1 aliphatic rings. The van der Waals surface area contributed by atoms with Gasteiger partial charge in [0.25, 0.3) is 5.91 Å². The second kappa shape index (κ2) is 7.86. The van der Waals surface area contributed by atoms with Gasteiger partial charge in [-0.2, -0.15) is 0 Å². The van der Waals surface area contributed by atoms with Crippen molar-refractivity contribution in [2.24, 2.45) is 0 Å². The number of H-pyrrole nitrogens is 1. The Morgan fingerprint density at radius 3 is 2.71 bits per heavy atom. The first kappa shape index (κ1) is 18.3. The Balaban J connectivity index is 1.38. The average molecular weight is 378 g/mol. The van der Waals surface area contributed by atoms with Crippen molar-refractivity contribution in [2.45, 2.75) is 25.8 Å². The third-order valence-electron chi connectivity index (χ3n) is 5.13. The maximum atomic E-state index is 12.8. The first-order valence-corrected chi connectivity index (χ1v) is 9.65. The van der Waals surface area contributed by atoms with E-state index in [-0.39, 0.29) is 24.3 Å². The molecule has 1 aromatic heterocycles. The highest BCUT2D eigenvalue weighted by Crippen LogP contribution is 2.24. The highest BCUT2D eigenvalue weighted by Gasteiger charge is 2.42. The van der Waals surface area contributed by atoms with Crippen molar-refractivity contribution >= 4 is 28.4 Å². The van der Waals surface area contributed by atoms with E-state index >= 15 is 0 Å². The number of hydrogen-bond acceptors (Lipinski definition) is 3. The van der Waals surface area contributed by atoms with Crippen molar-refractivity contribution in [1.29, 1.82) is 0 Å². The molecule has 144 valence electrons. The third-order valence-corrected chi connectivity index (χ3v) is 5.13. The van der Waals surface area contributed by atoms with E-state index in [2.05, 4.69) is 17.1 Å². The minimum Gasteiger partial charge on any atom is -0.494 e. The number of aromatic amines is 1. The highest BCUT2D eigenvalue weighted by atomic mass is 16.5. The molecule has 1 saturated heterocycles. The molecule has 4 rings (SSSR count). The first-order valence-electron chi connectivity index (χ1n) is 9.65. The van der Waals surface area contributed by atoms with Gasteiger partial charge in [-0.05, 0) is 42.8 Å². The van der Waals surface area contributed by atoms with Gasteiger partial charge in [-0.3, -0.25) is 9.59 Å². The number of carbonyl (C=O) groups is 2. The first-order chi connectivity index (χ1) is 13.7. The lowest BCUT2D eigenvalue weighted by molar-refractivity contribution is -0.674. The number of hydrogen-bond donors (Lipinski definition) is 2. The predicted molar refractivity (Wildman–Crippen MR) is 107 cm³/mol. The molecule has 6 nitrogen and oxygen atoms in total. The minimum atomic E-state index is -0.357. The normalized spacial score (nSPS) is 16.9. The lowest BCUT2D eigenvalue weighted by atomic mass is 10.1. The maximum Gasteiger partial charge on any atom is 0.292 e. The monoisotopic (exact) mass is 378 g/mol. The largest absolute Gasteiger partial charge is 0.494 e. The molecule has 0 unspecified atom stereocenters. The summed E-state index contributed by atoms with van der Waals surface area (Å²) in [7, 11) is 0. The number of fused-ring (bicyclic) bond motifs is 1. The smallest absolute Gasteiger partial charge is 0.292 e. The molecule has 0 spiro atoms. The second-order valence-electron chi connectivity index (χ2n) is 6.94. The van der Waals surface area contributed by atoms with Crippen LogP contribution in [0, 0.1) is 0 Å². The van der Waals surface area contributed by atoms with Gasteiger partial charge in [-0.15, -0.1) is 0 Å². The zero-order valence-electron chi connectivity index (χ0n) is 15.9. The molecule has 28 heavy (non-hydrogen) atoms. The third kappa shape index (κ3) is 3.51. The van der Waals surface area contributed by atoms with Crippen LogP contribution in [-0.2, 0) is 16.0 Å².